The first-order valence-electron chi connectivity index (χ1n) is 4.21. The molecule has 0 unspecified atom stereocenters. The lowest BCUT2D eigenvalue weighted by Gasteiger charge is -2.02. The molecule has 2 nitrogen and oxygen atoms in total. The summed E-state index contributed by atoms with van der Waals surface area (Å²) in [7, 11) is 0. The van der Waals surface area contributed by atoms with E-state index in [1.165, 1.54) is 5.56 Å². The number of amides is 1. The molecule has 0 saturated heterocycles. The summed E-state index contributed by atoms with van der Waals surface area (Å²) in [5.74, 6) is -0.0105. The molecule has 1 amide bonds. The molecule has 1 rings (SSSR count). The number of benzene rings is 1. The molecule has 0 saturated carbocycles. The predicted octanol–water partition coefficient (Wildman–Crippen LogP) is 2.33. The maximum absolute atomic E-state index is 11.3. The normalized spacial score (nSPS) is 9.69. The molecule has 0 heterocycles. The zero-order chi connectivity index (χ0) is 9.68. The van der Waals surface area contributed by atoms with Crippen molar-refractivity contribution in [1.82, 2.24) is 5.32 Å². The van der Waals surface area contributed by atoms with Crippen molar-refractivity contribution in [2.24, 2.45) is 0 Å². The van der Waals surface area contributed by atoms with Crippen molar-refractivity contribution in [3.05, 3.63) is 35.4 Å². The molecule has 0 atom stereocenters. The zero-order valence-electron chi connectivity index (χ0n) is 7.51. The number of carbonyl (C=O) groups is 1. The van der Waals surface area contributed by atoms with Crippen molar-refractivity contribution in [3.8, 4) is 0 Å². The lowest BCUT2D eigenvalue weighted by molar-refractivity contribution is 0.0956. The molecule has 0 bridgehead atoms. The summed E-state index contributed by atoms with van der Waals surface area (Å²) in [6.07, 6.45) is 0. The molecule has 1 aromatic carbocycles. The van der Waals surface area contributed by atoms with E-state index in [-0.39, 0.29) is 5.91 Å². The molecule has 1 N–H and O–H groups in total. The van der Waals surface area contributed by atoms with Crippen LogP contribution < -0.4 is 5.32 Å². The number of hydrogen-bond acceptors (Lipinski definition) is 1. The summed E-state index contributed by atoms with van der Waals surface area (Å²) >= 11 is 3.35. The molecule has 13 heavy (non-hydrogen) atoms. The van der Waals surface area contributed by atoms with E-state index in [1.54, 1.807) is 0 Å². The Morgan fingerprint density at radius 3 is 2.46 bits per heavy atom. The fraction of sp³-hybridized carbons (Fsp3) is 0.300. The van der Waals surface area contributed by atoms with Crippen LogP contribution in [0.15, 0.2) is 24.3 Å². The van der Waals surface area contributed by atoms with Gasteiger partial charge in [-0.05, 0) is 24.6 Å². The third kappa shape index (κ3) is 2.84. The highest BCUT2D eigenvalue weighted by Crippen LogP contribution is 2.07. The molecule has 0 aliphatic carbocycles. The molecule has 0 aliphatic rings. The summed E-state index contributed by atoms with van der Waals surface area (Å²) in [6.45, 7) is 2.57. The molecule has 0 fully saturated rings. The molecule has 3 heteroatoms. The fourth-order valence-electron chi connectivity index (χ4n) is 1.01. The number of rotatable bonds is 3. The van der Waals surface area contributed by atoms with Gasteiger partial charge in [0, 0.05) is 17.4 Å². The molecule has 0 aromatic heterocycles. The van der Waals surface area contributed by atoms with Gasteiger partial charge in [0.15, 0.2) is 0 Å². The van der Waals surface area contributed by atoms with Crippen LogP contribution in [0.5, 0.6) is 0 Å². The van der Waals surface area contributed by atoms with Gasteiger partial charge in [0.2, 0.25) is 0 Å². The van der Waals surface area contributed by atoms with Crippen molar-refractivity contribution >= 4 is 21.8 Å². The van der Waals surface area contributed by atoms with Crippen LogP contribution in [-0.4, -0.2) is 12.5 Å². The first-order valence-corrected chi connectivity index (χ1v) is 5.33. The van der Waals surface area contributed by atoms with Gasteiger partial charge < -0.3 is 5.32 Å². The monoisotopic (exact) mass is 241 g/mol. The van der Waals surface area contributed by atoms with E-state index in [1.807, 2.05) is 31.2 Å². The van der Waals surface area contributed by atoms with Crippen molar-refractivity contribution in [2.75, 3.05) is 6.54 Å². The van der Waals surface area contributed by atoms with E-state index in [0.717, 1.165) is 5.33 Å². The quantitative estimate of drug-likeness (QED) is 0.810. The second-order valence-electron chi connectivity index (χ2n) is 2.69. The SMILES string of the molecule is CCNC(=O)c1ccc(CBr)cc1. The average molecular weight is 242 g/mol. The van der Waals surface area contributed by atoms with Crippen LogP contribution in [0.4, 0.5) is 0 Å². The van der Waals surface area contributed by atoms with Gasteiger partial charge in [0.1, 0.15) is 0 Å². The highest BCUT2D eigenvalue weighted by molar-refractivity contribution is 9.08. The van der Waals surface area contributed by atoms with E-state index in [2.05, 4.69) is 21.2 Å². The Morgan fingerprint density at radius 1 is 1.38 bits per heavy atom. The lowest BCUT2D eigenvalue weighted by atomic mass is 10.1. The van der Waals surface area contributed by atoms with E-state index in [4.69, 9.17) is 0 Å². The van der Waals surface area contributed by atoms with Crippen LogP contribution in [0.1, 0.15) is 22.8 Å². The van der Waals surface area contributed by atoms with Crippen LogP contribution in [0.25, 0.3) is 0 Å². The topological polar surface area (TPSA) is 29.1 Å². The standard InChI is InChI=1S/C10H12BrNO/c1-2-12-10(13)9-5-3-8(7-11)4-6-9/h3-6H,2,7H2,1H3,(H,12,13). The minimum atomic E-state index is -0.0105. The summed E-state index contributed by atoms with van der Waals surface area (Å²) in [4.78, 5) is 11.3. The molecule has 0 spiro atoms. The van der Waals surface area contributed by atoms with Gasteiger partial charge in [-0.1, -0.05) is 28.1 Å². The van der Waals surface area contributed by atoms with Crippen LogP contribution >= 0.6 is 15.9 Å². The predicted molar refractivity (Wildman–Crippen MR) is 57.1 cm³/mol. The van der Waals surface area contributed by atoms with E-state index < -0.39 is 0 Å². The van der Waals surface area contributed by atoms with Gasteiger partial charge in [-0.25, -0.2) is 0 Å². The van der Waals surface area contributed by atoms with Crippen molar-refractivity contribution in [3.63, 3.8) is 0 Å². The Labute approximate surface area is 86.5 Å². The molecule has 0 aliphatic heterocycles. The van der Waals surface area contributed by atoms with Gasteiger partial charge in [0.25, 0.3) is 5.91 Å². The number of alkyl halides is 1. The van der Waals surface area contributed by atoms with E-state index in [0.29, 0.717) is 12.1 Å². The maximum atomic E-state index is 11.3. The lowest BCUT2D eigenvalue weighted by Crippen LogP contribution is -2.22. The Balaban J connectivity index is 2.74. The molecular formula is C10H12BrNO. The number of nitrogens with one attached hydrogen (secondary N) is 1. The summed E-state index contributed by atoms with van der Waals surface area (Å²) in [5, 5.41) is 3.57. The molecule has 0 radical (unpaired) electrons. The van der Waals surface area contributed by atoms with Crippen LogP contribution in [0, 0.1) is 0 Å². The highest BCUT2D eigenvalue weighted by Gasteiger charge is 2.02. The minimum absolute atomic E-state index is 0.0105. The molecule has 70 valence electrons. The molecule has 1 aromatic rings. The second-order valence-corrected chi connectivity index (χ2v) is 3.25. The summed E-state index contributed by atoms with van der Waals surface area (Å²) in [5.41, 5.74) is 1.89. The van der Waals surface area contributed by atoms with Gasteiger partial charge in [-0.15, -0.1) is 0 Å². The maximum Gasteiger partial charge on any atom is 0.251 e. The smallest absolute Gasteiger partial charge is 0.251 e. The van der Waals surface area contributed by atoms with Crippen molar-refractivity contribution in [1.29, 1.82) is 0 Å². The summed E-state index contributed by atoms with van der Waals surface area (Å²) < 4.78 is 0. The Kier molecular flexibility index (Phi) is 3.96. The minimum Gasteiger partial charge on any atom is -0.352 e. The average Bonchev–Trinajstić information content (AvgIpc) is 2.18. The highest BCUT2D eigenvalue weighted by atomic mass is 79.9. The Morgan fingerprint density at radius 2 is 2.00 bits per heavy atom. The Bertz CT molecular complexity index is 281. The number of halogens is 1. The first-order chi connectivity index (χ1) is 6.27. The second kappa shape index (κ2) is 5.02. The Hall–Kier alpha value is -0.830. The van der Waals surface area contributed by atoms with Crippen LogP contribution in [0.2, 0.25) is 0 Å². The summed E-state index contributed by atoms with van der Waals surface area (Å²) in [6, 6.07) is 7.56. The van der Waals surface area contributed by atoms with E-state index in [9.17, 15) is 4.79 Å². The van der Waals surface area contributed by atoms with Crippen LogP contribution in [-0.2, 0) is 5.33 Å². The van der Waals surface area contributed by atoms with Gasteiger partial charge in [0.05, 0.1) is 0 Å². The van der Waals surface area contributed by atoms with Gasteiger partial charge in [-0.3, -0.25) is 4.79 Å². The first kappa shape index (κ1) is 10.3. The molecular weight excluding hydrogens is 230 g/mol. The van der Waals surface area contributed by atoms with Gasteiger partial charge >= 0.3 is 0 Å². The third-order valence-electron chi connectivity index (χ3n) is 1.71. The van der Waals surface area contributed by atoms with E-state index >= 15 is 0 Å². The van der Waals surface area contributed by atoms with Crippen molar-refractivity contribution < 1.29 is 4.79 Å². The van der Waals surface area contributed by atoms with Crippen LogP contribution in [0.3, 0.4) is 0 Å². The number of carbonyl (C=O) groups excluding carboxylic acids is 1. The largest absolute Gasteiger partial charge is 0.352 e. The number of hydrogen-bond donors (Lipinski definition) is 1. The van der Waals surface area contributed by atoms with Gasteiger partial charge in [-0.2, -0.15) is 0 Å². The van der Waals surface area contributed by atoms with Crippen molar-refractivity contribution in [2.45, 2.75) is 12.3 Å². The third-order valence-corrected chi connectivity index (χ3v) is 2.36. The zero-order valence-corrected chi connectivity index (χ0v) is 9.10. The fourth-order valence-corrected chi connectivity index (χ4v) is 1.38.